The van der Waals surface area contributed by atoms with Gasteiger partial charge < -0.3 is 47.7 Å². The van der Waals surface area contributed by atoms with E-state index in [0.29, 0.717) is 26.3 Å². The van der Waals surface area contributed by atoms with Gasteiger partial charge in [0.15, 0.2) is 0 Å². The van der Waals surface area contributed by atoms with Crippen molar-refractivity contribution in [3.63, 3.8) is 0 Å². The summed E-state index contributed by atoms with van der Waals surface area (Å²) in [6.45, 7) is 21.6. The minimum atomic E-state index is -2.80. The normalized spacial score (nSPS) is 17.7. The molecular formula is C25H64N2O10Si4. The minimum absolute atomic E-state index is 0. The molecule has 0 aromatic heterocycles. The first-order valence-electron chi connectivity index (χ1n) is 14.3. The van der Waals surface area contributed by atoms with E-state index < -0.39 is 70.9 Å². The third-order valence-electron chi connectivity index (χ3n) is 7.21. The predicted octanol–water partition coefficient (Wildman–Crippen LogP) is 0.582. The molecule has 0 aromatic carbocycles. The van der Waals surface area contributed by atoms with E-state index in [1.165, 1.54) is 0 Å². The number of nitrogens with zero attached hydrogens (tertiary/aromatic N) is 2. The van der Waals surface area contributed by atoms with Gasteiger partial charge in [-0.2, -0.15) is 0 Å². The fraction of sp³-hybridized carbons (Fsp3) is 1.00. The van der Waals surface area contributed by atoms with E-state index in [1.807, 2.05) is 40.0 Å². The molecule has 0 aromatic rings. The van der Waals surface area contributed by atoms with Gasteiger partial charge in [0.2, 0.25) is 15.7 Å². The number of rotatable bonds is 23. The first kappa shape index (κ1) is 43.5. The van der Waals surface area contributed by atoms with E-state index in [2.05, 4.69) is 31.5 Å². The van der Waals surface area contributed by atoms with Crippen molar-refractivity contribution in [2.24, 2.45) is 0 Å². The molecule has 5 unspecified atom stereocenters. The van der Waals surface area contributed by atoms with Gasteiger partial charge in [0.25, 0.3) is 0 Å². The Morgan fingerprint density at radius 1 is 0.634 bits per heavy atom. The van der Waals surface area contributed by atoms with Crippen LogP contribution >= 0.6 is 0 Å². The summed E-state index contributed by atoms with van der Waals surface area (Å²) < 4.78 is 26.1. The Balaban J connectivity index is 0. The first-order chi connectivity index (χ1) is 18.3. The molecule has 5 atom stereocenters. The van der Waals surface area contributed by atoms with Crippen LogP contribution < -0.4 is 0 Å². The number of hydrogen-bond acceptors (Lipinski definition) is 12. The summed E-state index contributed by atoms with van der Waals surface area (Å²) >= 11 is 0. The van der Waals surface area contributed by atoms with Gasteiger partial charge in [0, 0.05) is 51.6 Å². The Hall–Kier alpha value is 0.388. The van der Waals surface area contributed by atoms with Crippen molar-refractivity contribution in [3.05, 3.63) is 0 Å². The van der Waals surface area contributed by atoms with Gasteiger partial charge in [-0.15, -0.1) is 0 Å². The molecular weight excluding hydrogens is 601 g/mol. The second kappa shape index (κ2) is 19.7. The van der Waals surface area contributed by atoms with E-state index >= 15 is 0 Å². The minimum Gasteiger partial charge on any atom is -0.435 e. The molecule has 0 rings (SSSR count). The SMILES string of the molecule is C.CCO[Si](C)(C)O[Si](C)(C)O[Si](C)(C(C)N(CCN(CC(O)CO)CC(O)CO)CC(O)CO)[Si](C)(C)OCC. The van der Waals surface area contributed by atoms with Crippen LogP contribution in [0.1, 0.15) is 28.2 Å². The molecule has 0 saturated carbocycles. The smallest absolute Gasteiger partial charge is 0.322 e. The standard InChI is InChI=1S/C24H60N2O10Si4.CH4/c1-11-33-37(4,5)35-38(6,7)36-40(10,39(8,9)34-12-2)21(3)26(17-24(32)20-29)14-13-25(15-22(30)18-27)16-23(31)19-28;/h21-24,27-32H,11-20H2,1-10H3;1H4. The van der Waals surface area contributed by atoms with Crippen molar-refractivity contribution in [2.75, 3.05) is 65.8 Å². The summed E-state index contributed by atoms with van der Waals surface area (Å²) in [6, 6.07) is 0. The molecule has 0 aliphatic heterocycles. The highest BCUT2D eigenvalue weighted by Gasteiger charge is 2.57. The van der Waals surface area contributed by atoms with Crippen LogP contribution in [-0.4, -0.2) is 163 Å². The zero-order valence-electron chi connectivity index (χ0n) is 26.6. The molecule has 0 amide bonds. The number of aliphatic hydroxyl groups excluding tert-OH is 6. The monoisotopic (exact) mass is 664 g/mol. The van der Waals surface area contributed by atoms with E-state index in [-0.39, 0.29) is 32.7 Å². The van der Waals surface area contributed by atoms with Gasteiger partial charge in [-0.25, -0.2) is 0 Å². The van der Waals surface area contributed by atoms with Gasteiger partial charge in [-0.05, 0) is 59.7 Å². The van der Waals surface area contributed by atoms with Crippen molar-refractivity contribution < 1.29 is 47.7 Å². The Morgan fingerprint density at radius 3 is 1.49 bits per heavy atom. The zero-order valence-corrected chi connectivity index (χ0v) is 30.6. The molecule has 0 bridgehead atoms. The van der Waals surface area contributed by atoms with Crippen LogP contribution in [0.5, 0.6) is 0 Å². The lowest BCUT2D eigenvalue weighted by atomic mass is 10.2. The average Bonchev–Trinajstić information content (AvgIpc) is 2.83. The molecule has 0 aliphatic carbocycles. The second-order valence-electron chi connectivity index (χ2n) is 11.9. The molecule has 6 N–H and O–H groups in total. The Labute approximate surface area is 253 Å². The molecule has 0 radical (unpaired) electrons. The topological polar surface area (TPSA) is 165 Å². The average molecular weight is 665 g/mol. The highest BCUT2D eigenvalue weighted by atomic mass is 29.3. The second-order valence-corrected chi connectivity index (χ2v) is 32.4. The van der Waals surface area contributed by atoms with Crippen LogP contribution in [0, 0.1) is 0 Å². The van der Waals surface area contributed by atoms with Gasteiger partial charge in [-0.1, -0.05) is 14.4 Å². The van der Waals surface area contributed by atoms with Crippen LogP contribution in [0.15, 0.2) is 0 Å². The summed E-state index contributed by atoms with van der Waals surface area (Å²) in [5, 5.41) is 59.0. The highest BCUT2D eigenvalue weighted by molar-refractivity contribution is 7.37. The quantitative estimate of drug-likeness (QED) is 0.0844. The molecule has 0 aliphatic rings. The number of hydrogen-bond donors (Lipinski definition) is 6. The summed E-state index contributed by atoms with van der Waals surface area (Å²) in [5.74, 6) is 0. The lowest BCUT2D eigenvalue weighted by Gasteiger charge is -2.51. The third kappa shape index (κ3) is 15.3. The van der Waals surface area contributed by atoms with Crippen molar-refractivity contribution >= 4 is 32.8 Å². The van der Waals surface area contributed by atoms with Gasteiger partial charge in [0.1, 0.15) is 0 Å². The molecule has 41 heavy (non-hydrogen) atoms. The fourth-order valence-electron chi connectivity index (χ4n) is 5.07. The molecule has 12 nitrogen and oxygen atoms in total. The lowest BCUT2D eigenvalue weighted by molar-refractivity contribution is 0.0139. The van der Waals surface area contributed by atoms with Crippen molar-refractivity contribution in [3.8, 4) is 0 Å². The summed E-state index contributed by atoms with van der Waals surface area (Å²) in [6.07, 6.45) is -2.99. The number of aliphatic hydroxyl groups is 6. The Kier molecular flexibility index (Phi) is 20.9. The zero-order chi connectivity index (χ0) is 31.4. The van der Waals surface area contributed by atoms with Gasteiger partial charge >= 0.3 is 17.1 Å². The largest absolute Gasteiger partial charge is 0.435 e. The van der Waals surface area contributed by atoms with Gasteiger partial charge in [-0.3, -0.25) is 9.80 Å². The van der Waals surface area contributed by atoms with E-state index in [1.54, 1.807) is 4.90 Å². The van der Waals surface area contributed by atoms with Gasteiger partial charge in [0.05, 0.1) is 38.1 Å². The molecule has 0 saturated heterocycles. The molecule has 0 heterocycles. The van der Waals surface area contributed by atoms with E-state index in [4.69, 9.17) is 17.1 Å². The van der Waals surface area contributed by atoms with Crippen LogP contribution in [0.4, 0.5) is 0 Å². The molecule has 16 heteroatoms. The third-order valence-corrected chi connectivity index (χ3v) is 30.9. The molecule has 0 fully saturated rings. The van der Waals surface area contributed by atoms with E-state index in [9.17, 15) is 30.6 Å². The Bertz CT molecular complexity index is 687. The van der Waals surface area contributed by atoms with Crippen molar-refractivity contribution in [1.82, 2.24) is 9.80 Å². The maximum atomic E-state index is 10.5. The lowest BCUT2D eigenvalue weighted by Crippen LogP contribution is -2.75. The van der Waals surface area contributed by atoms with E-state index in [0.717, 1.165) is 0 Å². The maximum absolute atomic E-state index is 10.5. The van der Waals surface area contributed by atoms with Crippen LogP contribution in [0.25, 0.3) is 0 Å². The Morgan fingerprint density at radius 2 is 1.07 bits per heavy atom. The maximum Gasteiger partial charge on any atom is 0.322 e. The first-order valence-corrected chi connectivity index (χ1v) is 26.4. The van der Waals surface area contributed by atoms with Crippen LogP contribution in [0.3, 0.4) is 0 Å². The molecule has 250 valence electrons. The highest BCUT2D eigenvalue weighted by Crippen LogP contribution is 2.33. The summed E-state index contributed by atoms with van der Waals surface area (Å²) in [4.78, 5) is 3.86. The van der Waals surface area contributed by atoms with Crippen LogP contribution in [0.2, 0.25) is 45.8 Å². The predicted molar refractivity (Wildman–Crippen MR) is 173 cm³/mol. The molecule has 0 spiro atoms. The van der Waals surface area contributed by atoms with Crippen LogP contribution in [-0.2, 0) is 17.1 Å². The summed E-state index contributed by atoms with van der Waals surface area (Å²) in [5.41, 5.74) is -0.165. The fourth-order valence-corrected chi connectivity index (χ4v) is 29.3. The van der Waals surface area contributed by atoms with Crippen molar-refractivity contribution in [2.45, 2.75) is 98.0 Å². The van der Waals surface area contributed by atoms with Crippen molar-refractivity contribution in [1.29, 1.82) is 0 Å². The summed E-state index contributed by atoms with van der Waals surface area (Å²) in [7, 11) is -10.4.